The van der Waals surface area contributed by atoms with Crippen molar-refractivity contribution in [1.82, 2.24) is 9.69 Å². The van der Waals surface area contributed by atoms with Gasteiger partial charge in [0.05, 0.1) is 10.3 Å². The molecule has 1 heterocycles. The molecule has 5 nitrogen and oxygen atoms in total. The number of amides is 2. The zero-order valence-electron chi connectivity index (χ0n) is 12.9. The van der Waals surface area contributed by atoms with Gasteiger partial charge in [-0.25, -0.2) is 4.39 Å². The van der Waals surface area contributed by atoms with Gasteiger partial charge in [-0.2, -0.15) is 4.37 Å². The van der Waals surface area contributed by atoms with E-state index in [2.05, 4.69) is 30.9 Å². The number of rotatable bonds is 5. The van der Waals surface area contributed by atoms with Crippen LogP contribution in [0.5, 0.6) is 0 Å². The fourth-order valence-electron chi connectivity index (χ4n) is 2.23. The van der Waals surface area contributed by atoms with Crippen molar-refractivity contribution in [2.75, 3.05) is 11.9 Å². The first-order valence-electron chi connectivity index (χ1n) is 7.40. The third kappa shape index (κ3) is 4.40. The van der Waals surface area contributed by atoms with Crippen LogP contribution in [0.25, 0.3) is 10.1 Å². The maximum absolute atomic E-state index is 13.2. The van der Waals surface area contributed by atoms with Crippen LogP contribution in [-0.4, -0.2) is 22.7 Å². The molecule has 3 aromatic rings. The maximum atomic E-state index is 13.2. The molecule has 2 aromatic carbocycles. The molecule has 0 saturated carbocycles. The highest BCUT2D eigenvalue weighted by atomic mass is 79.9. The molecule has 2 N–H and O–H groups in total. The molecular formula is C17H13BrFN3O2S. The summed E-state index contributed by atoms with van der Waals surface area (Å²) < 4.78 is 18.8. The summed E-state index contributed by atoms with van der Waals surface area (Å²) in [6, 6.07) is 9.41. The molecule has 3 rings (SSSR count). The Hall–Kier alpha value is -2.32. The number of halogens is 2. The van der Waals surface area contributed by atoms with E-state index in [9.17, 15) is 14.0 Å². The largest absolute Gasteiger partial charge is 0.351 e. The molecule has 128 valence electrons. The van der Waals surface area contributed by atoms with Crippen molar-refractivity contribution in [2.24, 2.45) is 0 Å². The smallest absolute Gasteiger partial charge is 0.252 e. The number of aromatic nitrogens is 1. The molecule has 0 radical (unpaired) electrons. The van der Waals surface area contributed by atoms with E-state index in [0.717, 1.165) is 16.2 Å². The van der Waals surface area contributed by atoms with Crippen LogP contribution >= 0.6 is 27.5 Å². The molecule has 0 spiro atoms. The van der Waals surface area contributed by atoms with E-state index < -0.39 is 11.7 Å². The zero-order chi connectivity index (χ0) is 17.8. The molecule has 8 heteroatoms. The third-order valence-electron chi connectivity index (χ3n) is 3.45. The van der Waals surface area contributed by atoms with Crippen molar-refractivity contribution >= 4 is 55.1 Å². The monoisotopic (exact) mass is 421 g/mol. The van der Waals surface area contributed by atoms with E-state index >= 15 is 0 Å². The van der Waals surface area contributed by atoms with Crippen molar-refractivity contribution in [3.63, 3.8) is 0 Å². The van der Waals surface area contributed by atoms with Crippen LogP contribution in [0.4, 0.5) is 10.1 Å². The Bertz CT molecular complexity index is 945. The predicted octanol–water partition coefficient (Wildman–Crippen LogP) is 3.96. The lowest BCUT2D eigenvalue weighted by atomic mass is 10.2. The minimum absolute atomic E-state index is 0.110. The van der Waals surface area contributed by atoms with Gasteiger partial charge in [0.25, 0.3) is 5.91 Å². The Morgan fingerprint density at radius 3 is 2.88 bits per heavy atom. The molecule has 0 bridgehead atoms. The topological polar surface area (TPSA) is 71.1 Å². The Balaban J connectivity index is 1.52. The van der Waals surface area contributed by atoms with E-state index in [1.54, 1.807) is 12.3 Å². The molecule has 0 unspecified atom stereocenters. The van der Waals surface area contributed by atoms with Gasteiger partial charge in [0, 0.05) is 34.7 Å². The van der Waals surface area contributed by atoms with Crippen LogP contribution < -0.4 is 10.6 Å². The van der Waals surface area contributed by atoms with Crippen LogP contribution in [0.15, 0.2) is 47.1 Å². The number of carbonyl (C=O) groups is 2. The van der Waals surface area contributed by atoms with E-state index in [1.807, 2.05) is 12.1 Å². The number of benzene rings is 2. The summed E-state index contributed by atoms with van der Waals surface area (Å²) >= 11 is 4.59. The average Bonchev–Trinajstić information content (AvgIpc) is 3.04. The summed E-state index contributed by atoms with van der Waals surface area (Å²) in [5.41, 5.74) is 0.868. The maximum Gasteiger partial charge on any atom is 0.252 e. The van der Waals surface area contributed by atoms with Gasteiger partial charge in [0.2, 0.25) is 5.91 Å². The number of nitrogens with one attached hydrogen (secondary N) is 2. The molecule has 0 aliphatic carbocycles. The Kier molecular flexibility index (Phi) is 5.40. The third-order valence-corrected chi connectivity index (χ3v) is 4.92. The van der Waals surface area contributed by atoms with Gasteiger partial charge in [-0.15, -0.1) is 0 Å². The zero-order valence-corrected chi connectivity index (χ0v) is 15.3. The SMILES string of the molecule is O=C(CCNC(=O)c1cc(F)ccc1Br)Nc1ccc2sncc2c1. The van der Waals surface area contributed by atoms with Crippen LogP contribution in [-0.2, 0) is 4.79 Å². The normalized spacial score (nSPS) is 10.6. The van der Waals surface area contributed by atoms with Crippen molar-refractivity contribution in [3.8, 4) is 0 Å². The van der Waals surface area contributed by atoms with Crippen molar-refractivity contribution in [3.05, 3.63) is 58.4 Å². The summed E-state index contributed by atoms with van der Waals surface area (Å²) in [5, 5.41) is 6.34. The van der Waals surface area contributed by atoms with E-state index in [4.69, 9.17) is 0 Å². The number of carbonyl (C=O) groups excluding carboxylic acids is 2. The van der Waals surface area contributed by atoms with Gasteiger partial charge < -0.3 is 10.6 Å². The molecular weight excluding hydrogens is 409 g/mol. The first-order valence-corrected chi connectivity index (χ1v) is 8.97. The summed E-state index contributed by atoms with van der Waals surface area (Å²) in [6.07, 6.45) is 1.85. The van der Waals surface area contributed by atoms with E-state index in [0.29, 0.717) is 10.2 Å². The van der Waals surface area contributed by atoms with E-state index in [-0.39, 0.29) is 24.4 Å². The molecule has 0 atom stereocenters. The van der Waals surface area contributed by atoms with E-state index in [1.165, 1.54) is 23.7 Å². The lowest BCUT2D eigenvalue weighted by Crippen LogP contribution is -2.28. The average molecular weight is 422 g/mol. The Morgan fingerprint density at radius 2 is 2.04 bits per heavy atom. The van der Waals surface area contributed by atoms with Crippen molar-refractivity contribution in [2.45, 2.75) is 6.42 Å². The van der Waals surface area contributed by atoms with Gasteiger partial charge >= 0.3 is 0 Å². The van der Waals surface area contributed by atoms with Crippen LogP contribution in [0.2, 0.25) is 0 Å². The number of anilines is 1. The fraction of sp³-hybridized carbons (Fsp3) is 0.118. The number of hydrogen-bond donors (Lipinski definition) is 2. The van der Waals surface area contributed by atoms with Gasteiger partial charge in [-0.05, 0) is 63.9 Å². The molecule has 0 aliphatic heterocycles. The highest BCUT2D eigenvalue weighted by Gasteiger charge is 2.11. The molecule has 25 heavy (non-hydrogen) atoms. The summed E-state index contributed by atoms with van der Waals surface area (Å²) in [7, 11) is 0. The number of nitrogens with zero attached hydrogens (tertiary/aromatic N) is 1. The second-order valence-corrected chi connectivity index (χ2v) is 6.94. The van der Waals surface area contributed by atoms with Gasteiger partial charge in [0.15, 0.2) is 0 Å². The predicted molar refractivity (Wildman–Crippen MR) is 99.3 cm³/mol. The lowest BCUT2D eigenvalue weighted by Gasteiger charge is -2.08. The molecule has 0 fully saturated rings. The van der Waals surface area contributed by atoms with Crippen LogP contribution in [0.3, 0.4) is 0 Å². The van der Waals surface area contributed by atoms with Crippen molar-refractivity contribution < 1.29 is 14.0 Å². The highest BCUT2D eigenvalue weighted by molar-refractivity contribution is 9.10. The molecule has 0 saturated heterocycles. The summed E-state index contributed by atoms with van der Waals surface area (Å²) in [4.78, 5) is 24.0. The van der Waals surface area contributed by atoms with Gasteiger partial charge in [-0.3, -0.25) is 9.59 Å². The Morgan fingerprint density at radius 1 is 1.20 bits per heavy atom. The first-order chi connectivity index (χ1) is 12.0. The quantitative estimate of drug-likeness (QED) is 0.654. The standard InChI is InChI=1S/C17H13BrFN3O2S/c18-14-3-1-11(19)8-13(14)17(24)20-6-5-16(23)22-12-2-4-15-10(7-12)9-21-25-15/h1-4,7-9H,5-6H2,(H,20,24)(H,22,23). The van der Waals surface area contributed by atoms with Gasteiger partial charge in [0.1, 0.15) is 5.82 Å². The summed E-state index contributed by atoms with van der Waals surface area (Å²) in [6.45, 7) is 0.149. The minimum Gasteiger partial charge on any atom is -0.351 e. The second-order valence-electron chi connectivity index (χ2n) is 5.26. The molecule has 1 aromatic heterocycles. The molecule has 2 amide bonds. The number of fused-ring (bicyclic) bond motifs is 1. The summed E-state index contributed by atoms with van der Waals surface area (Å²) in [5.74, 6) is -1.16. The highest BCUT2D eigenvalue weighted by Crippen LogP contribution is 2.22. The first kappa shape index (κ1) is 17.5. The van der Waals surface area contributed by atoms with Crippen LogP contribution in [0, 0.1) is 5.82 Å². The van der Waals surface area contributed by atoms with Crippen molar-refractivity contribution in [1.29, 1.82) is 0 Å². The lowest BCUT2D eigenvalue weighted by molar-refractivity contribution is -0.116. The second kappa shape index (κ2) is 7.71. The number of hydrogen-bond acceptors (Lipinski definition) is 4. The molecule has 0 aliphatic rings. The van der Waals surface area contributed by atoms with Crippen LogP contribution in [0.1, 0.15) is 16.8 Å². The fourth-order valence-corrected chi connectivity index (χ4v) is 3.28. The Labute approximate surface area is 155 Å². The minimum atomic E-state index is -0.496. The van der Waals surface area contributed by atoms with Gasteiger partial charge in [-0.1, -0.05) is 0 Å².